The highest BCUT2D eigenvalue weighted by Crippen LogP contribution is 2.27. The van der Waals surface area contributed by atoms with E-state index in [4.69, 9.17) is 17.0 Å². The SMILES string of the molecule is O=C1NC(=S)N(c2ccccc2F)C(=O)/C1=C/c1ccc(OCc2cccc([N+](=O)[O-])c2)c(I)c1. The third-order valence-corrected chi connectivity index (χ3v) is 6.11. The van der Waals surface area contributed by atoms with Crippen LogP contribution in [-0.4, -0.2) is 21.9 Å². The van der Waals surface area contributed by atoms with Crippen LogP contribution in [0, 0.1) is 19.5 Å². The normalized spacial score (nSPS) is 14.7. The van der Waals surface area contributed by atoms with Crippen molar-refractivity contribution < 1.29 is 23.6 Å². The van der Waals surface area contributed by atoms with Gasteiger partial charge in [-0.2, -0.15) is 0 Å². The third kappa shape index (κ3) is 5.35. The number of nitrogens with zero attached hydrogens (tertiary/aromatic N) is 2. The number of rotatable bonds is 6. The molecule has 0 aromatic heterocycles. The Hall–Kier alpha value is -3.71. The summed E-state index contributed by atoms with van der Waals surface area (Å²) >= 11 is 7.14. The molecule has 1 N–H and O–H groups in total. The average Bonchev–Trinajstić information content (AvgIpc) is 2.82. The van der Waals surface area contributed by atoms with Gasteiger partial charge in [0.15, 0.2) is 5.11 Å². The Morgan fingerprint density at radius 3 is 2.60 bits per heavy atom. The van der Waals surface area contributed by atoms with E-state index in [-0.39, 0.29) is 28.7 Å². The molecule has 3 aromatic rings. The molecular formula is C24H15FIN3O5S. The number of thiocarbonyl (C=S) groups is 1. The highest BCUT2D eigenvalue weighted by molar-refractivity contribution is 14.1. The summed E-state index contributed by atoms with van der Waals surface area (Å²) in [6.07, 6.45) is 1.39. The van der Waals surface area contributed by atoms with Crippen LogP contribution < -0.4 is 15.0 Å². The van der Waals surface area contributed by atoms with Gasteiger partial charge in [0.25, 0.3) is 17.5 Å². The summed E-state index contributed by atoms with van der Waals surface area (Å²) < 4.78 is 20.8. The van der Waals surface area contributed by atoms with E-state index < -0.39 is 22.6 Å². The second-order valence-corrected chi connectivity index (χ2v) is 8.86. The van der Waals surface area contributed by atoms with Crippen molar-refractivity contribution >= 4 is 69.2 Å². The fourth-order valence-electron chi connectivity index (χ4n) is 3.32. The van der Waals surface area contributed by atoms with Gasteiger partial charge in [-0.05, 0) is 76.3 Å². The second-order valence-electron chi connectivity index (χ2n) is 7.31. The number of hydrogen-bond acceptors (Lipinski definition) is 6. The molecule has 0 bridgehead atoms. The molecule has 11 heteroatoms. The number of nitro groups is 1. The first-order valence-corrected chi connectivity index (χ1v) is 11.5. The average molecular weight is 603 g/mol. The molecule has 1 saturated heterocycles. The van der Waals surface area contributed by atoms with Gasteiger partial charge in [-0.3, -0.25) is 25.0 Å². The molecule has 0 saturated carbocycles. The number of nitrogens with one attached hydrogen (secondary N) is 1. The molecule has 1 aliphatic rings. The van der Waals surface area contributed by atoms with Crippen LogP contribution in [0.25, 0.3) is 6.08 Å². The molecule has 0 unspecified atom stereocenters. The molecule has 0 atom stereocenters. The molecule has 3 aromatic carbocycles. The zero-order valence-electron chi connectivity index (χ0n) is 17.7. The molecule has 4 rings (SSSR count). The Morgan fingerprint density at radius 2 is 1.89 bits per heavy atom. The monoisotopic (exact) mass is 603 g/mol. The topological polar surface area (TPSA) is 102 Å². The van der Waals surface area contributed by atoms with Crippen LogP contribution in [0.4, 0.5) is 15.8 Å². The Bertz CT molecular complexity index is 1410. The lowest BCUT2D eigenvalue weighted by Gasteiger charge is -2.29. The lowest BCUT2D eigenvalue weighted by molar-refractivity contribution is -0.384. The number of non-ortho nitro benzene ring substituents is 1. The minimum atomic E-state index is -0.746. The maximum absolute atomic E-state index is 14.3. The van der Waals surface area contributed by atoms with Crippen molar-refractivity contribution in [2.24, 2.45) is 0 Å². The van der Waals surface area contributed by atoms with Gasteiger partial charge in [0.2, 0.25) is 0 Å². The number of carbonyl (C=O) groups is 2. The van der Waals surface area contributed by atoms with Crippen molar-refractivity contribution in [3.05, 3.63) is 103 Å². The van der Waals surface area contributed by atoms with E-state index >= 15 is 0 Å². The highest BCUT2D eigenvalue weighted by atomic mass is 127. The minimum Gasteiger partial charge on any atom is -0.488 e. The molecule has 8 nitrogen and oxygen atoms in total. The van der Waals surface area contributed by atoms with Crippen molar-refractivity contribution in [1.82, 2.24) is 5.32 Å². The lowest BCUT2D eigenvalue weighted by atomic mass is 10.1. The van der Waals surface area contributed by atoms with Crippen molar-refractivity contribution in [3.8, 4) is 5.75 Å². The predicted octanol–water partition coefficient (Wildman–Crippen LogP) is 4.75. The standard InChI is InChI=1S/C24H15FIN3O5S/c25-18-6-1-2-7-20(18)28-23(31)17(22(30)27-24(28)35)11-14-8-9-21(19(26)12-14)34-13-15-4-3-5-16(10-15)29(32)33/h1-12H,13H2,(H,27,30,35)/b17-11+. The zero-order valence-corrected chi connectivity index (χ0v) is 20.7. The van der Waals surface area contributed by atoms with E-state index in [1.54, 1.807) is 36.4 Å². The highest BCUT2D eigenvalue weighted by Gasteiger charge is 2.35. The van der Waals surface area contributed by atoms with Crippen LogP contribution in [0.1, 0.15) is 11.1 Å². The fourth-order valence-corrected chi connectivity index (χ4v) is 4.29. The van der Waals surface area contributed by atoms with Gasteiger partial charge in [-0.1, -0.05) is 30.3 Å². The summed E-state index contributed by atoms with van der Waals surface area (Å²) in [7, 11) is 0. The van der Waals surface area contributed by atoms with Crippen LogP contribution in [0.2, 0.25) is 0 Å². The van der Waals surface area contributed by atoms with E-state index in [9.17, 15) is 24.1 Å². The van der Waals surface area contributed by atoms with Crippen LogP contribution in [0.5, 0.6) is 5.75 Å². The molecule has 176 valence electrons. The van der Waals surface area contributed by atoms with E-state index in [1.807, 2.05) is 22.6 Å². The van der Waals surface area contributed by atoms with Crippen molar-refractivity contribution in [2.75, 3.05) is 4.90 Å². The first kappa shape index (κ1) is 24.4. The quantitative estimate of drug-likeness (QED) is 0.109. The van der Waals surface area contributed by atoms with Gasteiger partial charge < -0.3 is 4.74 Å². The van der Waals surface area contributed by atoms with Crippen LogP contribution >= 0.6 is 34.8 Å². The molecule has 2 amide bonds. The summed E-state index contributed by atoms with van der Waals surface area (Å²) in [6, 6.07) is 16.8. The number of amides is 2. The van der Waals surface area contributed by atoms with E-state index in [1.165, 1.54) is 36.4 Å². The van der Waals surface area contributed by atoms with E-state index in [0.717, 1.165) is 4.90 Å². The second kappa shape index (κ2) is 10.3. The molecule has 1 heterocycles. The fraction of sp³-hybridized carbons (Fsp3) is 0.0417. The number of hydrogen-bond donors (Lipinski definition) is 1. The van der Waals surface area contributed by atoms with Crippen molar-refractivity contribution in [3.63, 3.8) is 0 Å². The number of anilines is 1. The zero-order chi connectivity index (χ0) is 25.1. The Kier molecular flexibility index (Phi) is 7.17. The molecular weight excluding hydrogens is 588 g/mol. The molecule has 35 heavy (non-hydrogen) atoms. The largest absolute Gasteiger partial charge is 0.488 e. The van der Waals surface area contributed by atoms with Gasteiger partial charge in [0.1, 0.15) is 23.7 Å². The Labute approximate surface area is 217 Å². The third-order valence-electron chi connectivity index (χ3n) is 4.98. The maximum atomic E-state index is 14.3. The van der Waals surface area contributed by atoms with Gasteiger partial charge >= 0.3 is 0 Å². The van der Waals surface area contributed by atoms with Crippen LogP contribution in [0.15, 0.2) is 72.3 Å². The Balaban J connectivity index is 1.55. The van der Waals surface area contributed by atoms with Crippen LogP contribution in [0.3, 0.4) is 0 Å². The molecule has 1 aliphatic heterocycles. The number of halogens is 2. The first-order valence-electron chi connectivity index (χ1n) is 10.1. The summed E-state index contributed by atoms with van der Waals surface area (Å²) in [5.41, 5.74) is 0.879. The molecule has 0 radical (unpaired) electrons. The van der Waals surface area contributed by atoms with Gasteiger partial charge in [-0.25, -0.2) is 9.29 Å². The van der Waals surface area contributed by atoms with Crippen LogP contribution in [-0.2, 0) is 16.2 Å². The number of carbonyl (C=O) groups excluding carboxylic acids is 2. The minimum absolute atomic E-state index is 0.0258. The summed E-state index contributed by atoms with van der Waals surface area (Å²) in [5.74, 6) is -1.57. The van der Waals surface area contributed by atoms with Gasteiger partial charge in [0.05, 0.1) is 14.2 Å². The maximum Gasteiger partial charge on any atom is 0.270 e. The number of para-hydroxylation sites is 1. The van der Waals surface area contributed by atoms with Gasteiger partial charge in [0, 0.05) is 12.1 Å². The molecule has 0 spiro atoms. The number of benzene rings is 3. The number of nitro benzene ring substituents is 1. The predicted molar refractivity (Wildman–Crippen MR) is 139 cm³/mol. The summed E-state index contributed by atoms with van der Waals surface area (Å²) in [6.45, 7) is 0.119. The lowest BCUT2D eigenvalue weighted by Crippen LogP contribution is -2.54. The van der Waals surface area contributed by atoms with Gasteiger partial charge in [-0.15, -0.1) is 0 Å². The summed E-state index contributed by atoms with van der Waals surface area (Å²) in [4.78, 5) is 37.0. The first-order chi connectivity index (χ1) is 16.7. The smallest absolute Gasteiger partial charge is 0.270 e. The molecule has 1 fully saturated rings. The van der Waals surface area contributed by atoms with E-state index in [0.29, 0.717) is 20.4 Å². The molecule has 0 aliphatic carbocycles. The number of ether oxygens (including phenoxy) is 1. The van der Waals surface area contributed by atoms with Crippen molar-refractivity contribution in [2.45, 2.75) is 6.61 Å². The Morgan fingerprint density at radius 1 is 1.11 bits per heavy atom. The summed E-state index contributed by atoms with van der Waals surface area (Å²) in [5, 5.41) is 13.2. The van der Waals surface area contributed by atoms with Crippen molar-refractivity contribution in [1.29, 1.82) is 0 Å². The van der Waals surface area contributed by atoms with E-state index in [2.05, 4.69) is 5.32 Å².